The van der Waals surface area contributed by atoms with E-state index in [2.05, 4.69) is 22.2 Å². The lowest BCUT2D eigenvalue weighted by Crippen LogP contribution is -2.09. The van der Waals surface area contributed by atoms with E-state index in [9.17, 15) is 4.79 Å². The highest BCUT2D eigenvalue weighted by molar-refractivity contribution is 7.17. The predicted octanol–water partition coefficient (Wildman–Crippen LogP) is 3.49. The maximum atomic E-state index is 12.0. The zero-order chi connectivity index (χ0) is 16.5. The quantitative estimate of drug-likeness (QED) is 0.528. The van der Waals surface area contributed by atoms with Crippen LogP contribution in [0.4, 0.5) is 5.82 Å². The summed E-state index contributed by atoms with van der Waals surface area (Å²) in [5.74, 6) is 0.340. The van der Waals surface area contributed by atoms with Crippen LogP contribution in [0.3, 0.4) is 0 Å². The number of nitrogens with one attached hydrogen (secondary N) is 1. The molecule has 0 spiro atoms. The first-order chi connectivity index (χ1) is 11.3. The molecule has 6 nitrogen and oxygen atoms in total. The van der Waals surface area contributed by atoms with Crippen LogP contribution in [0.25, 0.3) is 10.2 Å². The van der Waals surface area contributed by atoms with E-state index in [4.69, 9.17) is 9.47 Å². The topological polar surface area (TPSA) is 73.3 Å². The van der Waals surface area contributed by atoms with Gasteiger partial charge in [-0.1, -0.05) is 13.3 Å². The molecule has 1 N–H and O–H groups in total. The maximum absolute atomic E-state index is 12.0. The smallest absolute Gasteiger partial charge is 0.339 e. The third kappa shape index (κ3) is 4.87. The fourth-order valence-electron chi connectivity index (χ4n) is 2.10. The van der Waals surface area contributed by atoms with Crippen molar-refractivity contribution in [1.29, 1.82) is 0 Å². The molecule has 23 heavy (non-hydrogen) atoms. The summed E-state index contributed by atoms with van der Waals surface area (Å²) in [7, 11) is 0. The van der Waals surface area contributed by atoms with E-state index in [1.807, 2.05) is 0 Å². The first-order valence-corrected chi connectivity index (χ1v) is 8.86. The number of carbonyl (C=O) groups excluding carboxylic acids is 1. The monoisotopic (exact) mass is 337 g/mol. The van der Waals surface area contributed by atoms with Gasteiger partial charge in [-0.15, -0.1) is 11.3 Å². The summed E-state index contributed by atoms with van der Waals surface area (Å²) in [6.07, 6.45) is 4.63. The molecule has 0 atom stereocenters. The Bertz CT molecular complexity index is 630. The molecule has 0 aliphatic carbocycles. The van der Waals surface area contributed by atoms with Crippen LogP contribution in [0.15, 0.2) is 11.7 Å². The molecule has 0 saturated carbocycles. The van der Waals surface area contributed by atoms with Gasteiger partial charge in [0.2, 0.25) is 0 Å². The highest BCUT2D eigenvalue weighted by atomic mass is 32.1. The molecule has 0 bridgehead atoms. The van der Waals surface area contributed by atoms with Crippen molar-refractivity contribution in [3.63, 3.8) is 0 Å². The van der Waals surface area contributed by atoms with Crippen molar-refractivity contribution in [1.82, 2.24) is 9.97 Å². The van der Waals surface area contributed by atoms with E-state index >= 15 is 0 Å². The van der Waals surface area contributed by atoms with Gasteiger partial charge >= 0.3 is 5.97 Å². The standard InChI is InChI=1S/C16H23N3O3S/c1-3-5-8-21-9-6-7-17-14-13-12(16(20)22-4-2)10-23-15(13)19-11-18-14/h10-11H,3-9H2,1-2H3,(H,17,18,19). The molecular weight excluding hydrogens is 314 g/mol. The van der Waals surface area contributed by atoms with Crippen LogP contribution < -0.4 is 5.32 Å². The SMILES string of the molecule is CCCCOCCCNc1ncnc2scc(C(=O)OCC)c12. The maximum Gasteiger partial charge on any atom is 0.339 e. The third-order valence-corrected chi connectivity index (χ3v) is 4.15. The molecule has 7 heteroatoms. The lowest BCUT2D eigenvalue weighted by molar-refractivity contribution is 0.0529. The number of fused-ring (bicyclic) bond motifs is 1. The predicted molar refractivity (Wildman–Crippen MR) is 92.2 cm³/mol. The summed E-state index contributed by atoms with van der Waals surface area (Å²) in [5.41, 5.74) is 0.522. The molecule has 0 fully saturated rings. The van der Waals surface area contributed by atoms with Gasteiger partial charge in [0, 0.05) is 25.1 Å². The molecule has 2 aromatic heterocycles. The van der Waals surface area contributed by atoms with Crippen molar-refractivity contribution in [2.45, 2.75) is 33.1 Å². The molecule has 0 aliphatic heterocycles. The number of thiophene rings is 1. The number of nitrogens with zero attached hydrogens (tertiary/aromatic N) is 2. The van der Waals surface area contributed by atoms with Gasteiger partial charge in [0.1, 0.15) is 17.0 Å². The molecule has 0 amide bonds. The van der Waals surface area contributed by atoms with Gasteiger partial charge in [-0.25, -0.2) is 14.8 Å². The minimum absolute atomic E-state index is 0.334. The van der Waals surface area contributed by atoms with Gasteiger partial charge in [0.15, 0.2) is 0 Å². The molecule has 0 unspecified atom stereocenters. The average Bonchev–Trinajstić information content (AvgIpc) is 2.99. The average molecular weight is 337 g/mol. The van der Waals surface area contributed by atoms with Gasteiger partial charge in [-0.2, -0.15) is 0 Å². The van der Waals surface area contributed by atoms with Crippen LogP contribution in [0.5, 0.6) is 0 Å². The minimum atomic E-state index is -0.334. The van der Waals surface area contributed by atoms with Gasteiger partial charge in [-0.05, 0) is 19.8 Å². The number of hydrogen-bond acceptors (Lipinski definition) is 7. The summed E-state index contributed by atoms with van der Waals surface area (Å²) >= 11 is 1.42. The Morgan fingerprint density at radius 3 is 2.87 bits per heavy atom. The Labute approximate surface area is 140 Å². The van der Waals surface area contributed by atoms with Gasteiger partial charge < -0.3 is 14.8 Å². The Kier molecular flexibility index (Phi) is 7.22. The second kappa shape index (κ2) is 9.42. The van der Waals surface area contributed by atoms with Gasteiger partial charge in [0.05, 0.1) is 17.6 Å². The summed E-state index contributed by atoms with van der Waals surface area (Å²) in [5, 5.41) is 5.78. The molecule has 126 valence electrons. The van der Waals surface area contributed by atoms with Crippen LogP contribution in [-0.2, 0) is 9.47 Å². The van der Waals surface area contributed by atoms with Crippen molar-refractivity contribution in [3.05, 3.63) is 17.3 Å². The largest absolute Gasteiger partial charge is 0.462 e. The second-order valence-corrected chi connectivity index (χ2v) is 5.88. The fourth-order valence-corrected chi connectivity index (χ4v) is 2.97. The Balaban J connectivity index is 1.97. The summed E-state index contributed by atoms with van der Waals surface area (Å²) < 4.78 is 10.6. The zero-order valence-corrected chi connectivity index (χ0v) is 14.4. The number of carbonyl (C=O) groups is 1. The highest BCUT2D eigenvalue weighted by Gasteiger charge is 2.17. The first kappa shape index (κ1) is 17.6. The Morgan fingerprint density at radius 1 is 1.26 bits per heavy atom. The molecular formula is C16H23N3O3S. The van der Waals surface area contributed by atoms with Crippen molar-refractivity contribution >= 4 is 33.3 Å². The zero-order valence-electron chi connectivity index (χ0n) is 13.6. The van der Waals surface area contributed by atoms with Crippen LogP contribution in [0.2, 0.25) is 0 Å². The third-order valence-electron chi connectivity index (χ3n) is 3.27. The normalized spacial score (nSPS) is 10.9. The lowest BCUT2D eigenvalue weighted by Gasteiger charge is -2.08. The number of hydrogen-bond donors (Lipinski definition) is 1. The van der Waals surface area contributed by atoms with E-state index in [1.165, 1.54) is 17.7 Å². The van der Waals surface area contributed by atoms with Gasteiger partial charge in [0.25, 0.3) is 0 Å². The Morgan fingerprint density at radius 2 is 2.09 bits per heavy atom. The number of rotatable bonds is 10. The number of ether oxygens (including phenoxy) is 2. The van der Waals surface area contributed by atoms with Gasteiger partial charge in [-0.3, -0.25) is 0 Å². The Hall–Kier alpha value is -1.73. The van der Waals surface area contributed by atoms with Crippen LogP contribution in [0, 0.1) is 0 Å². The molecule has 2 heterocycles. The van der Waals surface area contributed by atoms with E-state index in [0.717, 1.165) is 49.2 Å². The number of unbranched alkanes of at least 4 members (excludes halogenated alkanes) is 1. The van der Waals surface area contributed by atoms with E-state index in [-0.39, 0.29) is 5.97 Å². The number of anilines is 1. The van der Waals surface area contributed by atoms with E-state index in [1.54, 1.807) is 12.3 Å². The first-order valence-electron chi connectivity index (χ1n) is 7.98. The molecule has 2 rings (SSSR count). The molecule has 0 saturated heterocycles. The van der Waals surface area contributed by atoms with Crippen LogP contribution >= 0.6 is 11.3 Å². The minimum Gasteiger partial charge on any atom is -0.462 e. The van der Waals surface area contributed by atoms with Crippen molar-refractivity contribution in [3.8, 4) is 0 Å². The second-order valence-electron chi connectivity index (χ2n) is 5.02. The summed E-state index contributed by atoms with van der Waals surface area (Å²) in [6, 6.07) is 0. The molecule has 0 aliphatic rings. The highest BCUT2D eigenvalue weighted by Crippen LogP contribution is 2.29. The number of esters is 1. The molecule has 0 aromatic carbocycles. The van der Waals surface area contributed by atoms with Crippen molar-refractivity contribution in [2.24, 2.45) is 0 Å². The van der Waals surface area contributed by atoms with E-state index in [0.29, 0.717) is 18.0 Å². The fraction of sp³-hybridized carbons (Fsp3) is 0.562. The summed E-state index contributed by atoms with van der Waals surface area (Å²) in [4.78, 5) is 21.3. The lowest BCUT2D eigenvalue weighted by atomic mass is 10.2. The van der Waals surface area contributed by atoms with Crippen molar-refractivity contribution < 1.29 is 14.3 Å². The van der Waals surface area contributed by atoms with Crippen LogP contribution in [0.1, 0.15) is 43.5 Å². The number of aromatic nitrogens is 2. The molecule has 0 radical (unpaired) electrons. The summed E-state index contributed by atoms with van der Waals surface area (Å²) in [6.45, 7) is 6.55. The van der Waals surface area contributed by atoms with Crippen molar-refractivity contribution in [2.75, 3.05) is 31.7 Å². The van der Waals surface area contributed by atoms with Crippen LogP contribution in [-0.4, -0.2) is 42.3 Å². The molecule has 2 aromatic rings. The van der Waals surface area contributed by atoms with E-state index < -0.39 is 0 Å².